The van der Waals surface area contributed by atoms with Crippen molar-refractivity contribution in [3.8, 4) is 11.5 Å². The lowest BCUT2D eigenvalue weighted by Gasteiger charge is -2.12. The number of hydrogen-bond donors (Lipinski definition) is 1. The van der Waals surface area contributed by atoms with E-state index in [0.717, 1.165) is 12.0 Å². The molecular formula is C22H24ClNO5. The number of halogens is 1. The number of rotatable bonds is 10. The van der Waals surface area contributed by atoms with E-state index < -0.39 is 18.5 Å². The Morgan fingerprint density at radius 2 is 1.86 bits per heavy atom. The van der Waals surface area contributed by atoms with Crippen molar-refractivity contribution in [1.82, 2.24) is 0 Å². The van der Waals surface area contributed by atoms with Crippen LogP contribution in [0.5, 0.6) is 11.5 Å². The van der Waals surface area contributed by atoms with Crippen LogP contribution in [0.1, 0.15) is 25.8 Å². The maximum Gasteiger partial charge on any atom is 0.331 e. The molecule has 0 aliphatic heterocycles. The molecule has 1 amide bonds. The second-order valence-electron chi connectivity index (χ2n) is 5.96. The summed E-state index contributed by atoms with van der Waals surface area (Å²) in [5.74, 6) is 0.153. The summed E-state index contributed by atoms with van der Waals surface area (Å²) < 4.78 is 16.2. The van der Waals surface area contributed by atoms with Gasteiger partial charge in [-0.15, -0.1) is 0 Å². The van der Waals surface area contributed by atoms with Crippen LogP contribution in [0.2, 0.25) is 5.02 Å². The molecule has 0 radical (unpaired) electrons. The summed E-state index contributed by atoms with van der Waals surface area (Å²) in [6.45, 7) is 4.59. The van der Waals surface area contributed by atoms with E-state index in [2.05, 4.69) is 5.32 Å². The summed E-state index contributed by atoms with van der Waals surface area (Å²) in [5.41, 5.74) is 1.20. The lowest BCUT2D eigenvalue weighted by atomic mass is 10.2. The maximum absolute atomic E-state index is 11.9. The van der Waals surface area contributed by atoms with E-state index in [0.29, 0.717) is 35.4 Å². The van der Waals surface area contributed by atoms with Gasteiger partial charge < -0.3 is 19.5 Å². The number of hydrogen-bond acceptors (Lipinski definition) is 5. The normalized spacial score (nSPS) is 10.6. The minimum atomic E-state index is -0.636. The quantitative estimate of drug-likeness (QED) is 0.447. The Balaban J connectivity index is 1.90. The Hall–Kier alpha value is -2.99. The predicted octanol–water partition coefficient (Wildman–Crippen LogP) is 4.72. The van der Waals surface area contributed by atoms with Gasteiger partial charge in [0.05, 0.1) is 23.9 Å². The van der Waals surface area contributed by atoms with Crippen LogP contribution in [-0.4, -0.2) is 31.7 Å². The van der Waals surface area contributed by atoms with Crippen molar-refractivity contribution in [2.75, 3.05) is 25.1 Å². The van der Waals surface area contributed by atoms with Crippen LogP contribution < -0.4 is 14.8 Å². The Morgan fingerprint density at radius 1 is 1.07 bits per heavy atom. The molecule has 0 bridgehead atoms. The minimum Gasteiger partial charge on any atom is -0.490 e. The third kappa shape index (κ3) is 7.50. The molecule has 0 fully saturated rings. The molecule has 0 aliphatic rings. The van der Waals surface area contributed by atoms with Gasteiger partial charge in [0.2, 0.25) is 0 Å². The SMILES string of the molecule is CCCOc1ccc(/C=C/C(=O)OCC(=O)Nc2ccccc2Cl)cc1OCC. The molecular weight excluding hydrogens is 394 g/mol. The zero-order valence-electron chi connectivity index (χ0n) is 16.4. The Labute approximate surface area is 175 Å². The van der Waals surface area contributed by atoms with E-state index in [9.17, 15) is 9.59 Å². The number of anilines is 1. The minimum absolute atomic E-state index is 0.406. The third-order valence-corrected chi connectivity index (χ3v) is 3.96. The summed E-state index contributed by atoms with van der Waals surface area (Å²) in [4.78, 5) is 23.8. The van der Waals surface area contributed by atoms with Crippen molar-refractivity contribution in [2.24, 2.45) is 0 Å². The average molecular weight is 418 g/mol. The zero-order valence-corrected chi connectivity index (χ0v) is 17.2. The van der Waals surface area contributed by atoms with Gasteiger partial charge in [0.15, 0.2) is 18.1 Å². The van der Waals surface area contributed by atoms with Gasteiger partial charge in [0.25, 0.3) is 5.91 Å². The molecule has 6 nitrogen and oxygen atoms in total. The number of esters is 1. The number of amides is 1. The Kier molecular flexibility index (Phi) is 9.05. The molecule has 1 N–H and O–H groups in total. The fourth-order valence-electron chi connectivity index (χ4n) is 2.33. The van der Waals surface area contributed by atoms with E-state index in [-0.39, 0.29) is 0 Å². The molecule has 0 spiro atoms. The molecule has 0 saturated carbocycles. The molecule has 0 saturated heterocycles. The predicted molar refractivity (Wildman–Crippen MR) is 113 cm³/mol. The number of carbonyl (C=O) groups is 2. The number of para-hydroxylation sites is 1. The summed E-state index contributed by atoms with van der Waals surface area (Å²) in [7, 11) is 0. The van der Waals surface area contributed by atoms with Crippen molar-refractivity contribution < 1.29 is 23.8 Å². The molecule has 2 rings (SSSR count). The third-order valence-electron chi connectivity index (χ3n) is 3.63. The first-order valence-electron chi connectivity index (χ1n) is 9.32. The Bertz CT molecular complexity index is 866. The summed E-state index contributed by atoms with van der Waals surface area (Å²) in [5, 5.41) is 2.99. The van der Waals surface area contributed by atoms with Crippen LogP contribution in [-0.2, 0) is 14.3 Å². The first-order valence-corrected chi connectivity index (χ1v) is 9.70. The molecule has 0 atom stereocenters. The average Bonchev–Trinajstić information content (AvgIpc) is 2.72. The number of nitrogens with one attached hydrogen (secondary N) is 1. The number of benzene rings is 2. The van der Waals surface area contributed by atoms with Crippen LogP contribution >= 0.6 is 11.6 Å². The van der Waals surface area contributed by atoms with Crippen molar-refractivity contribution >= 4 is 35.2 Å². The van der Waals surface area contributed by atoms with E-state index in [4.69, 9.17) is 25.8 Å². The monoisotopic (exact) mass is 417 g/mol. The van der Waals surface area contributed by atoms with Gasteiger partial charge in [-0.1, -0.05) is 36.7 Å². The van der Waals surface area contributed by atoms with Crippen LogP contribution in [0, 0.1) is 0 Å². The van der Waals surface area contributed by atoms with Crippen LogP contribution in [0.15, 0.2) is 48.5 Å². The highest BCUT2D eigenvalue weighted by molar-refractivity contribution is 6.33. The summed E-state index contributed by atoms with van der Waals surface area (Å²) >= 11 is 5.97. The van der Waals surface area contributed by atoms with E-state index in [1.165, 1.54) is 6.08 Å². The lowest BCUT2D eigenvalue weighted by Crippen LogP contribution is -2.20. The Morgan fingerprint density at radius 3 is 2.59 bits per heavy atom. The number of carbonyl (C=O) groups excluding carboxylic acids is 2. The van der Waals surface area contributed by atoms with Gasteiger partial charge >= 0.3 is 5.97 Å². The fourth-order valence-corrected chi connectivity index (χ4v) is 2.51. The summed E-state index contributed by atoms with van der Waals surface area (Å²) in [6.07, 6.45) is 3.73. The van der Waals surface area contributed by atoms with Crippen LogP contribution in [0.25, 0.3) is 6.08 Å². The number of ether oxygens (including phenoxy) is 3. The van der Waals surface area contributed by atoms with E-state index >= 15 is 0 Å². The molecule has 0 aliphatic carbocycles. The van der Waals surface area contributed by atoms with Gasteiger partial charge in [0, 0.05) is 6.08 Å². The van der Waals surface area contributed by atoms with Gasteiger partial charge in [-0.3, -0.25) is 4.79 Å². The standard InChI is InChI=1S/C22H24ClNO5/c1-3-13-28-19-11-9-16(14-20(19)27-4-2)10-12-22(26)29-15-21(25)24-18-8-6-5-7-17(18)23/h5-12,14H,3-4,13,15H2,1-2H3,(H,24,25)/b12-10+. The summed E-state index contributed by atoms with van der Waals surface area (Å²) in [6, 6.07) is 12.2. The smallest absolute Gasteiger partial charge is 0.331 e. The maximum atomic E-state index is 11.9. The van der Waals surface area contributed by atoms with Crippen LogP contribution in [0.4, 0.5) is 5.69 Å². The van der Waals surface area contributed by atoms with Crippen molar-refractivity contribution in [3.63, 3.8) is 0 Å². The van der Waals surface area contributed by atoms with Gasteiger partial charge in [-0.2, -0.15) is 0 Å². The highest BCUT2D eigenvalue weighted by Gasteiger charge is 2.09. The molecule has 154 valence electrons. The topological polar surface area (TPSA) is 73.9 Å². The van der Waals surface area contributed by atoms with Gasteiger partial charge in [-0.25, -0.2) is 4.79 Å². The lowest BCUT2D eigenvalue weighted by molar-refractivity contribution is -0.142. The molecule has 29 heavy (non-hydrogen) atoms. The second-order valence-corrected chi connectivity index (χ2v) is 6.36. The molecule has 0 aromatic heterocycles. The van der Waals surface area contributed by atoms with E-state index in [1.807, 2.05) is 13.8 Å². The largest absolute Gasteiger partial charge is 0.490 e. The highest BCUT2D eigenvalue weighted by Crippen LogP contribution is 2.29. The van der Waals surface area contributed by atoms with Crippen molar-refractivity contribution in [2.45, 2.75) is 20.3 Å². The molecule has 2 aromatic carbocycles. The fraction of sp³-hybridized carbons (Fsp3) is 0.273. The van der Waals surface area contributed by atoms with Crippen molar-refractivity contribution in [3.05, 3.63) is 59.1 Å². The first kappa shape index (κ1) is 22.3. The highest BCUT2D eigenvalue weighted by atomic mass is 35.5. The molecule has 0 unspecified atom stereocenters. The van der Waals surface area contributed by atoms with Gasteiger partial charge in [-0.05, 0) is 49.2 Å². The first-order chi connectivity index (χ1) is 14.0. The van der Waals surface area contributed by atoms with E-state index in [1.54, 1.807) is 48.5 Å². The van der Waals surface area contributed by atoms with Crippen molar-refractivity contribution in [1.29, 1.82) is 0 Å². The molecule has 0 heterocycles. The molecule has 7 heteroatoms. The zero-order chi connectivity index (χ0) is 21.1. The van der Waals surface area contributed by atoms with Crippen LogP contribution in [0.3, 0.4) is 0 Å². The van der Waals surface area contributed by atoms with Gasteiger partial charge in [0.1, 0.15) is 0 Å². The molecule has 2 aromatic rings. The second kappa shape index (κ2) is 11.8.